The Morgan fingerprint density at radius 3 is 2.40 bits per heavy atom. The second-order valence-corrected chi connectivity index (χ2v) is 5.04. The number of aromatic amines is 1. The highest BCUT2D eigenvalue weighted by molar-refractivity contribution is 4.84. The Morgan fingerprint density at radius 1 is 1.33 bits per heavy atom. The fourth-order valence-corrected chi connectivity index (χ4v) is 1.88. The van der Waals surface area contributed by atoms with E-state index in [4.69, 9.17) is 0 Å². The lowest BCUT2D eigenvalue weighted by Gasteiger charge is -2.38. The summed E-state index contributed by atoms with van der Waals surface area (Å²) < 4.78 is 0. The molecule has 1 N–H and O–H groups in total. The zero-order valence-corrected chi connectivity index (χ0v) is 10.3. The van der Waals surface area contributed by atoms with Gasteiger partial charge in [-0.05, 0) is 34.6 Å². The molecule has 0 aromatic carbocycles. The Kier molecular flexibility index (Phi) is 3.79. The molecule has 0 aliphatic heterocycles. The number of hydrogen-bond acceptors (Lipinski definition) is 4. The SMILES string of the molecule is CC(C)N(CCc1nn[nH]n1)C(C)(C)C. The van der Waals surface area contributed by atoms with Crippen LogP contribution < -0.4 is 0 Å². The van der Waals surface area contributed by atoms with Gasteiger partial charge in [-0.15, -0.1) is 10.2 Å². The van der Waals surface area contributed by atoms with Gasteiger partial charge in [-0.2, -0.15) is 5.21 Å². The van der Waals surface area contributed by atoms with Gasteiger partial charge in [-0.3, -0.25) is 4.90 Å². The maximum atomic E-state index is 3.96. The molecule has 0 bridgehead atoms. The molecule has 5 nitrogen and oxygen atoms in total. The van der Waals surface area contributed by atoms with Crippen molar-refractivity contribution in [3.63, 3.8) is 0 Å². The van der Waals surface area contributed by atoms with Gasteiger partial charge in [0.2, 0.25) is 0 Å². The van der Waals surface area contributed by atoms with Gasteiger partial charge >= 0.3 is 0 Å². The minimum atomic E-state index is 0.178. The molecular formula is C10H21N5. The van der Waals surface area contributed by atoms with Crippen molar-refractivity contribution >= 4 is 0 Å². The van der Waals surface area contributed by atoms with Crippen molar-refractivity contribution in [2.75, 3.05) is 6.54 Å². The number of H-pyrrole nitrogens is 1. The van der Waals surface area contributed by atoms with Crippen molar-refractivity contribution < 1.29 is 0 Å². The second kappa shape index (κ2) is 4.70. The maximum Gasteiger partial charge on any atom is 0.175 e. The van der Waals surface area contributed by atoms with Gasteiger partial charge in [0.05, 0.1) is 0 Å². The highest BCUT2D eigenvalue weighted by Gasteiger charge is 2.23. The van der Waals surface area contributed by atoms with E-state index in [0.29, 0.717) is 6.04 Å². The lowest BCUT2D eigenvalue weighted by molar-refractivity contribution is 0.1000. The van der Waals surface area contributed by atoms with Gasteiger partial charge in [0.1, 0.15) is 0 Å². The number of tetrazole rings is 1. The molecule has 0 radical (unpaired) electrons. The molecule has 0 fully saturated rings. The van der Waals surface area contributed by atoms with Gasteiger partial charge in [0, 0.05) is 24.5 Å². The summed E-state index contributed by atoms with van der Waals surface area (Å²) in [7, 11) is 0. The molecule has 0 saturated heterocycles. The summed E-state index contributed by atoms with van der Waals surface area (Å²) in [6.45, 7) is 12.1. The van der Waals surface area contributed by atoms with E-state index >= 15 is 0 Å². The van der Waals surface area contributed by atoms with Crippen LogP contribution in [0.25, 0.3) is 0 Å². The topological polar surface area (TPSA) is 57.7 Å². The molecule has 1 rings (SSSR count). The molecule has 15 heavy (non-hydrogen) atoms. The standard InChI is InChI=1S/C10H21N5/c1-8(2)15(10(3,4)5)7-6-9-11-13-14-12-9/h8H,6-7H2,1-5H3,(H,11,12,13,14). The van der Waals surface area contributed by atoms with Gasteiger partial charge < -0.3 is 0 Å². The van der Waals surface area contributed by atoms with Crippen molar-refractivity contribution in [3.8, 4) is 0 Å². The fourth-order valence-electron chi connectivity index (χ4n) is 1.88. The van der Waals surface area contributed by atoms with Crippen molar-refractivity contribution in [2.24, 2.45) is 0 Å². The maximum absolute atomic E-state index is 3.96. The van der Waals surface area contributed by atoms with Gasteiger partial charge in [0.15, 0.2) is 5.82 Å². The van der Waals surface area contributed by atoms with Crippen LogP contribution in [-0.2, 0) is 6.42 Å². The molecule has 0 atom stereocenters. The second-order valence-electron chi connectivity index (χ2n) is 5.04. The Labute approximate surface area is 91.2 Å². The number of hydrogen-bond donors (Lipinski definition) is 1. The summed E-state index contributed by atoms with van der Waals surface area (Å²) in [6, 6.07) is 0.525. The van der Waals surface area contributed by atoms with Crippen LogP contribution >= 0.6 is 0 Å². The average molecular weight is 211 g/mol. The smallest absolute Gasteiger partial charge is 0.175 e. The van der Waals surface area contributed by atoms with Crippen LogP contribution in [0, 0.1) is 0 Å². The molecule has 0 spiro atoms. The monoisotopic (exact) mass is 211 g/mol. The Hall–Kier alpha value is -0.970. The van der Waals surface area contributed by atoms with Gasteiger partial charge in [-0.1, -0.05) is 5.21 Å². The molecule has 0 aliphatic carbocycles. The van der Waals surface area contributed by atoms with E-state index in [-0.39, 0.29) is 5.54 Å². The van der Waals surface area contributed by atoms with E-state index in [2.05, 4.69) is 60.1 Å². The summed E-state index contributed by atoms with van der Waals surface area (Å²) in [4.78, 5) is 2.43. The van der Waals surface area contributed by atoms with Crippen molar-refractivity contribution in [3.05, 3.63) is 5.82 Å². The quantitative estimate of drug-likeness (QED) is 0.814. The summed E-state index contributed by atoms with van der Waals surface area (Å²) in [5.74, 6) is 0.782. The molecule has 0 aliphatic rings. The van der Waals surface area contributed by atoms with Crippen LogP contribution in [0.4, 0.5) is 0 Å². The lowest BCUT2D eigenvalue weighted by atomic mass is 10.0. The molecular weight excluding hydrogens is 190 g/mol. The van der Waals surface area contributed by atoms with Crippen molar-refractivity contribution in [1.29, 1.82) is 0 Å². The first-order chi connectivity index (χ1) is 6.91. The first-order valence-electron chi connectivity index (χ1n) is 5.40. The normalized spacial score (nSPS) is 12.7. The number of nitrogens with zero attached hydrogens (tertiary/aromatic N) is 4. The van der Waals surface area contributed by atoms with E-state index in [1.54, 1.807) is 0 Å². The minimum Gasteiger partial charge on any atom is -0.296 e. The molecule has 86 valence electrons. The predicted octanol–water partition coefficient (Wildman–Crippen LogP) is 1.25. The lowest BCUT2D eigenvalue weighted by Crippen LogP contribution is -2.46. The number of nitrogens with one attached hydrogen (secondary N) is 1. The molecule has 0 unspecified atom stereocenters. The van der Waals surface area contributed by atoms with Crippen LogP contribution in [0.3, 0.4) is 0 Å². The van der Waals surface area contributed by atoms with Gasteiger partial charge in [0.25, 0.3) is 0 Å². The summed E-state index contributed by atoms with van der Waals surface area (Å²) in [5, 5.41) is 13.9. The van der Waals surface area contributed by atoms with Crippen LogP contribution in [0.2, 0.25) is 0 Å². The van der Waals surface area contributed by atoms with E-state index in [0.717, 1.165) is 18.8 Å². The van der Waals surface area contributed by atoms with Crippen LogP contribution in [0.15, 0.2) is 0 Å². The molecule has 5 heteroatoms. The van der Waals surface area contributed by atoms with Crippen molar-refractivity contribution in [2.45, 2.75) is 52.6 Å². The Morgan fingerprint density at radius 2 is 2.00 bits per heavy atom. The Balaban J connectivity index is 2.53. The van der Waals surface area contributed by atoms with E-state index < -0.39 is 0 Å². The highest BCUT2D eigenvalue weighted by Crippen LogP contribution is 2.16. The molecule has 1 aromatic heterocycles. The van der Waals surface area contributed by atoms with Gasteiger partial charge in [-0.25, -0.2) is 0 Å². The molecule has 1 heterocycles. The fraction of sp³-hybridized carbons (Fsp3) is 0.900. The largest absolute Gasteiger partial charge is 0.296 e. The third kappa shape index (κ3) is 3.58. The Bertz CT molecular complexity index is 273. The zero-order valence-electron chi connectivity index (χ0n) is 10.3. The molecule has 0 amide bonds. The predicted molar refractivity (Wildman–Crippen MR) is 59.5 cm³/mol. The summed E-state index contributed by atoms with van der Waals surface area (Å²) >= 11 is 0. The first-order valence-corrected chi connectivity index (χ1v) is 5.40. The number of rotatable bonds is 4. The highest BCUT2D eigenvalue weighted by atomic mass is 15.5. The van der Waals surface area contributed by atoms with Crippen LogP contribution in [0.5, 0.6) is 0 Å². The van der Waals surface area contributed by atoms with E-state index in [1.165, 1.54) is 0 Å². The average Bonchev–Trinajstić information content (AvgIpc) is 2.53. The minimum absolute atomic E-state index is 0.178. The zero-order chi connectivity index (χ0) is 11.5. The first kappa shape index (κ1) is 12.1. The summed E-state index contributed by atoms with van der Waals surface area (Å²) in [5.41, 5.74) is 0.178. The van der Waals surface area contributed by atoms with Crippen molar-refractivity contribution in [1.82, 2.24) is 25.5 Å². The third-order valence-corrected chi connectivity index (χ3v) is 2.45. The molecule has 1 aromatic rings. The van der Waals surface area contributed by atoms with E-state index in [1.807, 2.05) is 0 Å². The summed E-state index contributed by atoms with van der Waals surface area (Å²) in [6.07, 6.45) is 0.839. The van der Waals surface area contributed by atoms with Crippen LogP contribution in [0.1, 0.15) is 40.4 Å². The molecule has 0 saturated carbocycles. The van der Waals surface area contributed by atoms with Crippen LogP contribution in [-0.4, -0.2) is 43.6 Å². The van der Waals surface area contributed by atoms with E-state index in [9.17, 15) is 0 Å². The number of aromatic nitrogens is 4. The third-order valence-electron chi connectivity index (χ3n) is 2.45.